The Morgan fingerprint density at radius 2 is 1.86 bits per heavy atom. The van der Waals surface area contributed by atoms with Crippen LogP contribution in [-0.2, 0) is 14.3 Å². The number of carboxylic acids is 1. The van der Waals surface area contributed by atoms with Gasteiger partial charge < -0.3 is 9.84 Å². The number of aliphatic carboxylic acids is 1. The first-order chi connectivity index (χ1) is 10.0. The van der Waals surface area contributed by atoms with Crippen LogP contribution in [0, 0.1) is 0 Å². The Kier molecular flexibility index (Phi) is 12.5. The normalized spacial score (nSPS) is 13.7. The first kappa shape index (κ1) is 20.2. The van der Waals surface area contributed by atoms with Crippen LogP contribution in [0.25, 0.3) is 0 Å². The lowest BCUT2D eigenvalue weighted by atomic mass is 10.2. The molecule has 0 aliphatic heterocycles. The first-order valence-electron chi connectivity index (χ1n) is 7.76. The Morgan fingerprint density at radius 1 is 1.19 bits per heavy atom. The largest absolute Gasteiger partial charge is 0.480 e. The molecule has 0 amide bonds. The average molecular weight is 319 g/mol. The van der Waals surface area contributed by atoms with Crippen LogP contribution in [0.1, 0.15) is 52.9 Å². The zero-order valence-electron chi connectivity index (χ0n) is 13.4. The van der Waals surface area contributed by atoms with Crippen molar-refractivity contribution in [2.24, 2.45) is 0 Å². The lowest BCUT2D eigenvalue weighted by Crippen LogP contribution is -2.47. The smallest absolute Gasteiger partial charge is 0.324 e. The highest BCUT2D eigenvalue weighted by Crippen LogP contribution is 2.11. The van der Waals surface area contributed by atoms with Crippen LogP contribution < -0.4 is 5.32 Å². The molecule has 0 saturated carbocycles. The highest BCUT2D eigenvalue weighted by molar-refractivity contribution is 7.99. The molecule has 0 aromatic carbocycles. The van der Waals surface area contributed by atoms with Gasteiger partial charge in [-0.3, -0.25) is 14.9 Å². The molecule has 0 unspecified atom stereocenters. The third-order valence-electron chi connectivity index (χ3n) is 3.07. The molecule has 0 heterocycles. The second kappa shape index (κ2) is 13.0. The third-order valence-corrected chi connectivity index (χ3v) is 4.22. The number of hydrogen-bond acceptors (Lipinski definition) is 5. The number of carbonyl (C=O) groups excluding carboxylic acids is 1. The molecule has 0 aromatic heterocycles. The summed E-state index contributed by atoms with van der Waals surface area (Å²) in [4.78, 5) is 22.7. The van der Waals surface area contributed by atoms with Gasteiger partial charge in [-0.2, -0.15) is 11.8 Å². The molecular weight excluding hydrogens is 290 g/mol. The van der Waals surface area contributed by atoms with Gasteiger partial charge in [-0.25, -0.2) is 0 Å². The van der Waals surface area contributed by atoms with Crippen LogP contribution in [0.2, 0.25) is 0 Å². The van der Waals surface area contributed by atoms with Gasteiger partial charge in [0.1, 0.15) is 12.1 Å². The van der Waals surface area contributed by atoms with Crippen molar-refractivity contribution in [1.29, 1.82) is 0 Å². The lowest BCUT2D eigenvalue weighted by Gasteiger charge is -2.19. The first-order valence-corrected chi connectivity index (χ1v) is 8.91. The monoisotopic (exact) mass is 319 g/mol. The quantitative estimate of drug-likeness (QED) is 0.401. The van der Waals surface area contributed by atoms with Gasteiger partial charge in [0, 0.05) is 5.75 Å². The molecule has 2 N–H and O–H groups in total. The van der Waals surface area contributed by atoms with Crippen LogP contribution in [-0.4, -0.2) is 47.2 Å². The van der Waals surface area contributed by atoms with Crippen LogP contribution in [0.4, 0.5) is 0 Å². The fourth-order valence-corrected chi connectivity index (χ4v) is 2.85. The van der Waals surface area contributed by atoms with Crippen molar-refractivity contribution in [1.82, 2.24) is 5.32 Å². The number of hydrogen-bond donors (Lipinski definition) is 2. The minimum absolute atomic E-state index is 0.306. The maximum atomic E-state index is 11.8. The Morgan fingerprint density at radius 3 is 2.43 bits per heavy atom. The van der Waals surface area contributed by atoms with Gasteiger partial charge >= 0.3 is 11.9 Å². The summed E-state index contributed by atoms with van der Waals surface area (Å²) in [6.07, 6.45) is 6.11. The van der Waals surface area contributed by atoms with Gasteiger partial charge in [-0.1, -0.05) is 32.6 Å². The van der Waals surface area contributed by atoms with Gasteiger partial charge in [-0.15, -0.1) is 0 Å². The van der Waals surface area contributed by atoms with E-state index >= 15 is 0 Å². The maximum absolute atomic E-state index is 11.8. The second-order valence-electron chi connectivity index (χ2n) is 5.02. The van der Waals surface area contributed by atoms with Crippen LogP contribution in [0.5, 0.6) is 0 Å². The van der Waals surface area contributed by atoms with E-state index in [1.807, 2.05) is 0 Å². The highest BCUT2D eigenvalue weighted by atomic mass is 32.2. The predicted octanol–water partition coefficient (Wildman–Crippen LogP) is 2.68. The Bertz CT molecular complexity index is 299. The Hall–Kier alpha value is -0.750. The van der Waals surface area contributed by atoms with Crippen LogP contribution in [0.15, 0.2) is 0 Å². The van der Waals surface area contributed by atoms with Crippen molar-refractivity contribution in [2.45, 2.75) is 65.0 Å². The maximum Gasteiger partial charge on any atom is 0.324 e. The van der Waals surface area contributed by atoms with E-state index in [-0.39, 0.29) is 5.97 Å². The zero-order chi connectivity index (χ0) is 16.1. The number of thioether (sulfide) groups is 1. The molecule has 0 radical (unpaired) electrons. The highest BCUT2D eigenvalue weighted by Gasteiger charge is 2.24. The molecule has 2 atom stereocenters. The van der Waals surface area contributed by atoms with Crippen molar-refractivity contribution in [3.8, 4) is 0 Å². The van der Waals surface area contributed by atoms with E-state index in [2.05, 4.69) is 12.2 Å². The van der Waals surface area contributed by atoms with Gasteiger partial charge in [0.25, 0.3) is 0 Å². The Balaban J connectivity index is 4.04. The minimum Gasteiger partial charge on any atom is -0.480 e. The second-order valence-corrected chi connectivity index (χ2v) is 6.17. The van der Waals surface area contributed by atoms with Crippen LogP contribution >= 0.6 is 11.8 Å². The van der Waals surface area contributed by atoms with Gasteiger partial charge in [-0.05, 0) is 26.0 Å². The van der Waals surface area contributed by atoms with E-state index in [1.54, 1.807) is 18.7 Å². The number of carbonyl (C=O) groups is 2. The topological polar surface area (TPSA) is 75.6 Å². The molecule has 6 heteroatoms. The summed E-state index contributed by atoms with van der Waals surface area (Å²) in [5, 5.41) is 11.7. The van der Waals surface area contributed by atoms with E-state index in [0.29, 0.717) is 12.4 Å². The average Bonchev–Trinajstić information content (AvgIpc) is 2.44. The minimum atomic E-state index is -0.964. The number of carboxylic acid groups (broad SMARTS) is 1. The van der Waals surface area contributed by atoms with Crippen LogP contribution in [0.3, 0.4) is 0 Å². The van der Waals surface area contributed by atoms with Crippen molar-refractivity contribution in [3.05, 3.63) is 0 Å². The molecule has 0 rings (SSSR count). The molecule has 21 heavy (non-hydrogen) atoms. The van der Waals surface area contributed by atoms with E-state index in [9.17, 15) is 9.59 Å². The number of rotatable bonds is 13. The fourth-order valence-electron chi connectivity index (χ4n) is 1.81. The number of nitrogens with one attached hydrogen (secondary N) is 1. The van der Waals surface area contributed by atoms with Crippen molar-refractivity contribution in [2.75, 3.05) is 18.1 Å². The summed E-state index contributed by atoms with van der Waals surface area (Å²) in [6, 6.07) is -1.32. The predicted molar refractivity (Wildman–Crippen MR) is 86.7 cm³/mol. The van der Waals surface area contributed by atoms with E-state index in [1.165, 1.54) is 32.6 Å². The number of unbranched alkanes of at least 4 members (excludes halogenated alkanes) is 4. The summed E-state index contributed by atoms with van der Waals surface area (Å²) >= 11 is 1.67. The lowest BCUT2D eigenvalue weighted by molar-refractivity contribution is -0.146. The summed E-state index contributed by atoms with van der Waals surface area (Å²) in [7, 11) is 0. The molecule has 0 spiro atoms. The molecule has 5 nitrogen and oxygen atoms in total. The van der Waals surface area contributed by atoms with Gasteiger partial charge in [0.05, 0.1) is 6.61 Å². The summed E-state index contributed by atoms with van der Waals surface area (Å²) in [5.74, 6) is 0.199. The van der Waals surface area contributed by atoms with E-state index in [4.69, 9.17) is 9.84 Å². The summed E-state index contributed by atoms with van der Waals surface area (Å²) in [5.41, 5.74) is 0. The molecule has 124 valence electrons. The Labute approximate surface area is 132 Å². The van der Waals surface area contributed by atoms with Gasteiger partial charge in [0.2, 0.25) is 0 Å². The van der Waals surface area contributed by atoms with Crippen molar-refractivity contribution < 1.29 is 19.4 Å². The third kappa shape index (κ3) is 10.6. The van der Waals surface area contributed by atoms with E-state index in [0.717, 1.165) is 12.2 Å². The summed E-state index contributed by atoms with van der Waals surface area (Å²) < 4.78 is 4.99. The molecular formula is C15H29NO4S. The molecule has 0 aliphatic carbocycles. The fraction of sp³-hybridized carbons (Fsp3) is 0.867. The number of ether oxygens (including phenoxy) is 1. The van der Waals surface area contributed by atoms with Crippen molar-refractivity contribution >= 4 is 23.7 Å². The molecule has 0 fully saturated rings. The van der Waals surface area contributed by atoms with Crippen molar-refractivity contribution in [3.63, 3.8) is 0 Å². The molecule has 0 aromatic rings. The van der Waals surface area contributed by atoms with E-state index < -0.39 is 18.1 Å². The standard InChI is InChI=1S/C15H29NO4S/c1-4-6-7-8-9-10-21-11-13(15(19)20-5-2)16-12(3)14(17)18/h12-13,16H,4-11H2,1-3H3,(H,17,18)/t12-,13+/m1/s1. The SMILES string of the molecule is CCCCCCCSC[C@H](N[C@H](C)C(=O)O)C(=O)OCC. The zero-order valence-corrected chi connectivity index (χ0v) is 14.2. The molecule has 0 saturated heterocycles. The molecule has 0 bridgehead atoms. The number of esters is 1. The van der Waals surface area contributed by atoms with Gasteiger partial charge in [0.15, 0.2) is 0 Å². The molecule has 0 aliphatic rings. The summed E-state index contributed by atoms with van der Waals surface area (Å²) in [6.45, 7) is 5.77.